The summed E-state index contributed by atoms with van der Waals surface area (Å²) < 4.78 is 14.6. The number of hydrogen-bond acceptors (Lipinski definition) is 1. The molecule has 0 aliphatic heterocycles. The Kier molecular flexibility index (Phi) is 4.11. The van der Waals surface area contributed by atoms with E-state index < -0.39 is 0 Å². The van der Waals surface area contributed by atoms with Crippen molar-refractivity contribution in [3.63, 3.8) is 0 Å². The van der Waals surface area contributed by atoms with Gasteiger partial charge < -0.3 is 5.32 Å². The molecule has 94 valence electrons. The van der Waals surface area contributed by atoms with Crippen molar-refractivity contribution in [2.45, 2.75) is 26.3 Å². The molecule has 3 atom stereocenters. The summed E-state index contributed by atoms with van der Waals surface area (Å²) in [6.07, 6.45) is 1.16. The van der Waals surface area contributed by atoms with E-state index in [1.54, 1.807) is 6.07 Å². The Labute approximate surface area is 115 Å². The summed E-state index contributed by atoms with van der Waals surface area (Å²) in [7, 11) is 0. The fraction of sp³-hybridized carbons (Fsp3) is 0.538. The molecule has 1 saturated carbocycles. The molecule has 0 radical (unpaired) electrons. The zero-order valence-electron chi connectivity index (χ0n) is 9.93. The summed E-state index contributed by atoms with van der Waals surface area (Å²) >= 11 is 9.29. The summed E-state index contributed by atoms with van der Waals surface area (Å²) in [6, 6.07) is 3.27. The molecule has 0 aromatic heterocycles. The van der Waals surface area contributed by atoms with Gasteiger partial charge in [-0.1, -0.05) is 25.4 Å². The maximum Gasteiger partial charge on any atom is 0.129 e. The van der Waals surface area contributed by atoms with Crippen LogP contribution in [0.3, 0.4) is 0 Å². The number of hydrogen-bond donors (Lipinski definition) is 1. The van der Waals surface area contributed by atoms with Crippen LogP contribution in [-0.2, 0) is 0 Å². The van der Waals surface area contributed by atoms with Crippen LogP contribution >= 0.6 is 27.5 Å². The Balaban J connectivity index is 2.32. The third-order valence-corrected chi connectivity index (χ3v) is 4.60. The Bertz CT molecular complexity index is 424. The second-order valence-electron chi connectivity index (χ2n) is 4.70. The predicted molar refractivity (Wildman–Crippen MR) is 72.8 cm³/mol. The molecule has 1 aromatic carbocycles. The van der Waals surface area contributed by atoms with E-state index >= 15 is 0 Å². The van der Waals surface area contributed by atoms with Gasteiger partial charge in [0.2, 0.25) is 0 Å². The molecule has 0 heterocycles. The number of nitrogens with one attached hydrogen (secondary N) is 1. The largest absolute Gasteiger partial charge is 0.310 e. The van der Waals surface area contributed by atoms with Crippen LogP contribution in [0.4, 0.5) is 4.39 Å². The van der Waals surface area contributed by atoms with E-state index in [0.717, 1.165) is 13.0 Å². The summed E-state index contributed by atoms with van der Waals surface area (Å²) in [5.74, 6) is 1.01. The molecule has 0 saturated heterocycles. The van der Waals surface area contributed by atoms with Crippen molar-refractivity contribution in [2.75, 3.05) is 6.54 Å². The standard InChI is InChI=1S/C13H16BrClFN/c1-3-17-13(8-4-7(8)2)9-5-11(15)10(14)6-12(9)16/h5-8,13,17H,3-4H2,1-2H3. The van der Waals surface area contributed by atoms with Crippen LogP contribution in [0.15, 0.2) is 16.6 Å². The van der Waals surface area contributed by atoms with Gasteiger partial charge in [-0.05, 0) is 52.9 Å². The highest BCUT2D eigenvalue weighted by atomic mass is 79.9. The van der Waals surface area contributed by atoms with Gasteiger partial charge in [-0.3, -0.25) is 0 Å². The predicted octanol–water partition coefficient (Wildman–Crippen LogP) is 4.55. The van der Waals surface area contributed by atoms with E-state index in [4.69, 9.17) is 11.6 Å². The lowest BCUT2D eigenvalue weighted by atomic mass is 10.0. The minimum Gasteiger partial charge on any atom is -0.310 e. The summed E-state index contributed by atoms with van der Waals surface area (Å²) in [4.78, 5) is 0. The molecule has 4 heteroatoms. The van der Waals surface area contributed by atoms with Gasteiger partial charge in [0, 0.05) is 16.1 Å². The molecule has 0 amide bonds. The second-order valence-corrected chi connectivity index (χ2v) is 5.96. The van der Waals surface area contributed by atoms with E-state index in [-0.39, 0.29) is 11.9 Å². The SMILES string of the molecule is CCNC(c1cc(Cl)c(Br)cc1F)C1CC1C. The highest BCUT2D eigenvalue weighted by Crippen LogP contribution is 2.48. The molecule has 1 aliphatic rings. The molecule has 1 fully saturated rings. The van der Waals surface area contributed by atoms with Crippen molar-refractivity contribution >= 4 is 27.5 Å². The minimum absolute atomic E-state index is 0.0839. The third-order valence-electron chi connectivity index (χ3n) is 3.40. The second kappa shape index (κ2) is 5.25. The van der Waals surface area contributed by atoms with Crippen molar-refractivity contribution in [3.05, 3.63) is 33.0 Å². The first-order valence-corrected chi connectivity index (χ1v) is 7.09. The highest BCUT2D eigenvalue weighted by Gasteiger charge is 2.40. The van der Waals surface area contributed by atoms with Gasteiger partial charge in [-0.2, -0.15) is 0 Å². The molecule has 2 rings (SSSR count). The van der Waals surface area contributed by atoms with E-state index in [9.17, 15) is 4.39 Å². The van der Waals surface area contributed by atoms with Crippen LogP contribution in [0.2, 0.25) is 5.02 Å². The van der Waals surface area contributed by atoms with Gasteiger partial charge in [0.25, 0.3) is 0 Å². The van der Waals surface area contributed by atoms with Crippen molar-refractivity contribution in [1.82, 2.24) is 5.32 Å². The third kappa shape index (κ3) is 2.83. The lowest BCUT2D eigenvalue weighted by molar-refractivity contribution is 0.452. The van der Waals surface area contributed by atoms with E-state index in [1.165, 1.54) is 6.07 Å². The van der Waals surface area contributed by atoms with E-state index in [1.807, 2.05) is 6.92 Å². The molecule has 1 nitrogen and oxygen atoms in total. The van der Waals surface area contributed by atoms with Crippen LogP contribution < -0.4 is 5.32 Å². The molecule has 1 aromatic rings. The van der Waals surface area contributed by atoms with Gasteiger partial charge >= 0.3 is 0 Å². The quantitative estimate of drug-likeness (QED) is 0.803. The Morgan fingerprint density at radius 2 is 2.24 bits per heavy atom. The van der Waals surface area contributed by atoms with Gasteiger partial charge in [0.05, 0.1) is 5.02 Å². The van der Waals surface area contributed by atoms with Crippen molar-refractivity contribution in [2.24, 2.45) is 11.8 Å². The first-order valence-electron chi connectivity index (χ1n) is 5.92. The summed E-state index contributed by atoms with van der Waals surface area (Å²) in [5.41, 5.74) is 0.689. The highest BCUT2D eigenvalue weighted by molar-refractivity contribution is 9.10. The molecule has 0 spiro atoms. The molecular weight excluding hydrogens is 305 g/mol. The fourth-order valence-electron chi connectivity index (χ4n) is 2.30. The average molecular weight is 321 g/mol. The van der Waals surface area contributed by atoms with Crippen molar-refractivity contribution < 1.29 is 4.39 Å². The van der Waals surface area contributed by atoms with Crippen LogP contribution in [0.5, 0.6) is 0 Å². The summed E-state index contributed by atoms with van der Waals surface area (Å²) in [6.45, 7) is 5.08. The Hall–Kier alpha value is -0.120. The minimum atomic E-state index is -0.189. The maximum absolute atomic E-state index is 14.0. The lowest BCUT2D eigenvalue weighted by Crippen LogP contribution is -2.24. The lowest BCUT2D eigenvalue weighted by Gasteiger charge is -2.19. The molecule has 3 unspecified atom stereocenters. The molecule has 17 heavy (non-hydrogen) atoms. The molecular formula is C13H16BrClFN. The van der Waals surface area contributed by atoms with Crippen molar-refractivity contribution in [1.29, 1.82) is 0 Å². The first kappa shape index (κ1) is 13.3. The topological polar surface area (TPSA) is 12.0 Å². The molecule has 1 N–H and O–H groups in total. The number of rotatable bonds is 4. The molecule has 1 aliphatic carbocycles. The Morgan fingerprint density at radius 3 is 2.76 bits per heavy atom. The zero-order valence-corrected chi connectivity index (χ0v) is 12.3. The van der Waals surface area contributed by atoms with Crippen LogP contribution in [0.25, 0.3) is 0 Å². The molecule has 0 bridgehead atoms. The van der Waals surface area contributed by atoms with Gasteiger partial charge in [0.15, 0.2) is 0 Å². The van der Waals surface area contributed by atoms with Crippen molar-refractivity contribution in [3.8, 4) is 0 Å². The van der Waals surface area contributed by atoms with E-state index in [0.29, 0.717) is 26.9 Å². The van der Waals surface area contributed by atoms with Crippen LogP contribution in [0, 0.1) is 17.7 Å². The number of benzene rings is 1. The zero-order chi connectivity index (χ0) is 12.6. The normalized spacial score (nSPS) is 24.8. The average Bonchev–Trinajstić information content (AvgIpc) is 2.98. The van der Waals surface area contributed by atoms with Gasteiger partial charge in [-0.25, -0.2) is 4.39 Å². The van der Waals surface area contributed by atoms with Gasteiger partial charge in [-0.15, -0.1) is 0 Å². The fourth-order valence-corrected chi connectivity index (χ4v) is 2.79. The Morgan fingerprint density at radius 1 is 1.59 bits per heavy atom. The number of halogens is 3. The summed E-state index contributed by atoms with van der Waals surface area (Å²) in [5, 5.41) is 3.93. The van der Waals surface area contributed by atoms with E-state index in [2.05, 4.69) is 28.2 Å². The van der Waals surface area contributed by atoms with Gasteiger partial charge in [0.1, 0.15) is 5.82 Å². The van der Waals surface area contributed by atoms with Crippen LogP contribution in [-0.4, -0.2) is 6.54 Å². The monoisotopic (exact) mass is 319 g/mol. The first-order chi connectivity index (χ1) is 8.04. The maximum atomic E-state index is 14.0. The smallest absolute Gasteiger partial charge is 0.129 e. The van der Waals surface area contributed by atoms with Crippen LogP contribution in [0.1, 0.15) is 31.9 Å².